The standard InChI is InChI=1S/C20H23F3N2O4S/c1-3-27-18(20(21,22)23)14-28-17-6-4-15(5-7-17)11-25-12-16(10-24-25)13-29-19(26)8-9-30-2/h4-7,10,12,14H,3,8-9,11,13H2,1-2H3/b18-14-. The molecule has 0 saturated carbocycles. The van der Waals surface area contributed by atoms with Gasteiger partial charge in [-0.15, -0.1) is 0 Å². The molecule has 0 atom stereocenters. The molecule has 6 nitrogen and oxygen atoms in total. The third-order valence-corrected chi connectivity index (χ3v) is 4.36. The average molecular weight is 444 g/mol. The summed E-state index contributed by atoms with van der Waals surface area (Å²) in [5.41, 5.74) is 1.65. The number of carbonyl (C=O) groups excluding carboxylic acids is 1. The number of esters is 1. The lowest BCUT2D eigenvalue weighted by atomic mass is 10.2. The zero-order valence-corrected chi connectivity index (χ0v) is 17.5. The normalized spacial score (nSPS) is 12.0. The molecule has 0 radical (unpaired) electrons. The van der Waals surface area contributed by atoms with Crippen LogP contribution in [0, 0.1) is 0 Å². The first-order valence-electron chi connectivity index (χ1n) is 9.13. The molecular weight excluding hydrogens is 421 g/mol. The predicted molar refractivity (Wildman–Crippen MR) is 107 cm³/mol. The zero-order valence-electron chi connectivity index (χ0n) is 16.6. The minimum atomic E-state index is -4.61. The van der Waals surface area contributed by atoms with E-state index in [1.165, 1.54) is 6.92 Å². The number of alkyl halides is 3. The summed E-state index contributed by atoms with van der Waals surface area (Å²) in [6.45, 7) is 1.96. The van der Waals surface area contributed by atoms with Gasteiger partial charge in [0.05, 0.1) is 25.8 Å². The van der Waals surface area contributed by atoms with Gasteiger partial charge in [0, 0.05) is 17.5 Å². The number of carbonyl (C=O) groups is 1. The quantitative estimate of drug-likeness (QED) is 0.374. The number of ether oxygens (including phenoxy) is 3. The van der Waals surface area contributed by atoms with Gasteiger partial charge in [-0.05, 0) is 30.9 Å². The highest BCUT2D eigenvalue weighted by atomic mass is 32.2. The zero-order chi connectivity index (χ0) is 22.0. The molecule has 1 aromatic heterocycles. The van der Waals surface area contributed by atoms with Crippen LogP contribution in [0.4, 0.5) is 13.2 Å². The summed E-state index contributed by atoms with van der Waals surface area (Å²) in [4.78, 5) is 11.5. The summed E-state index contributed by atoms with van der Waals surface area (Å²) >= 11 is 1.58. The maximum Gasteiger partial charge on any atom is 0.452 e. The first-order chi connectivity index (χ1) is 14.3. The predicted octanol–water partition coefficient (Wildman–Crippen LogP) is 4.55. The van der Waals surface area contributed by atoms with Crippen LogP contribution in [0.1, 0.15) is 24.5 Å². The summed E-state index contributed by atoms with van der Waals surface area (Å²) in [6.07, 6.45) is 1.63. The summed E-state index contributed by atoms with van der Waals surface area (Å²) in [5, 5.41) is 4.22. The van der Waals surface area contributed by atoms with Crippen LogP contribution in [-0.2, 0) is 27.4 Å². The molecule has 0 aliphatic heterocycles. The molecule has 2 rings (SSSR count). The second kappa shape index (κ2) is 11.5. The summed E-state index contributed by atoms with van der Waals surface area (Å²) < 4.78 is 54.8. The van der Waals surface area contributed by atoms with Crippen LogP contribution >= 0.6 is 11.8 Å². The van der Waals surface area contributed by atoms with E-state index < -0.39 is 11.9 Å². The third kappa shape index (κ3) is 8.02. The van der Waals surface area contributed by atoms with Crippen molar-refractivity contribution in [2.45, 2.75) is 32.7 Å². The van der Waals surface area contributed by atoms with Gasteiger partial charge < -0.3 is 14.2 Å². The summed E-state index contributed by atoms with van der Waals surface area (Å²) in [5.74, 6) is -0.470. The van der Waals surface area contributed by atoms with E-state index >= 15 is 0 Å². The van der Waals surface area contributed by atoms with Gasteiger partial charge in [-0.1, -0.05) is 12.1 Å². The maximum atomic E-state index is 12.8. The number of thioether (sulfide) groups is 1. The molecule has 0 spiro atoms. The Morgan fingerprint density at radius 1 is 1.20 bits per heavy atom. The Morgan fingerprint density at radius 3 is 2.57 bits per heavy atom. The van der Waals surface area contributed by atoms with Crippen molar-refractivity contribution in [3.63, 3.8) is 0 Å². The van der Waals surface area contributed by atoms with Gasteiger partial charge in [-0.3, -0.25) is 9.48 Å². The van der Waals surface area contributed by atoms with E-state index in [1.807, 2.05) is 6.26 Å². The van der Waals surface area contributed by atoms with Crippen molar-refractivity contribution in [2.24, 2.45) is 0 Å². The average Bonchev–Trinajstić information content (AvgIpc) is 3.15. The third-order valence-electron chi connectivity index (χ3n) is 3.75. The molecule has 10 heteroatoms. The second-order valence-electron chi connectivity index (χ2n) is 6.12. The molecule has 0 saturated heterocycles. The Labute approximate surface area is 177 Å². The van der Waals surface area contributed by atoms with Gasteiger partial charge in [0.2, 0.25) is 5.76 Å². The minimum Gasteiger partial charge on any atom is -0.487 e. The van der Waals surface area contributed by atoms with Crippen LogP contribution in [0.5, 0.6) is 5.75 Å². The molecule has 164 valence electrons. The minimum absolute atomic E-state index is 0.115. The van der Waals surface area contributed by atoms with Crippen LogP contribution in [-0.4, -0.2) is 40.5 Å². The van der Waals surface area contributed by atoms with Crippen molar-refractivity contribution in [3.8, 4) is 5.75 Å². The van der Waals surface area contributed by atoms with Gasteiger partial charge in [-0.25, -0.2) is 0 Å². The van der Waals surface area contributed by atoms with Gasteiger partial charge in [0.1, 0.15) is 18.6 Å². The first-order valence-corrected chi connectivity index (χ1v) is 10.5. The van der Waals surface area contributed by atoms with E-state index in [1.54, 1.807) is 53.1 Å². The van der Waals surface area contributed by atoms with Crippen LogP contribution in [0.2, 0.25) is 0 Å². The Morgan fingerprint density at radius 2 is 1.93 bits per heavy atom. The number of hydrogen-bond acceptors (Lipinski definition) is 6. The van der Waals surface area contributed by atoms with Crippen molar-refractivity contribution in [1.82, 2.24) is 9.78 Å². The molecule has 2 aromatic rings. The molecule has 0 aliphatic rings. The Kier molecular flexibility index (Phi) is 9.10. The molecule has 0 unspecified atom stereocenters. The summed E-state index contributed by atoms with van der Waals surface area (Å²) in [6, 6.07) is 6.56. The molecule has 1 heterocycles. The number of nitrogens with zero attached hydrogens (tertiary/aromatic N) is 2. The Hall–Kier alpha value is -2.62. The van der Waals surface area contributed by atoms with Crippen molar-refractivity contribution >= 4 is 17.7 Å². The number of allylic oxidation sites excluding steroid dienone is 1. The maximum absolute atomic E-state index is 12.8. The molecule has 0 amide bonds. The molecule has 30 heavy (non-hydrogen) atoms. The van der Waals surface area contributed by atoms with Crippen LogP contribution in [0.25, 0.3) is 0 Å². The van der Waals surface area contributed by atoms with Crippen molar-refractivity contribution in [3.05, 3.63) is 59.8 Å². The van der Waals surface area contributed by atoms with Crippen LogP contribution < -0.4 is 4.74 Å². The monoisotopic (exact) mass is 444 g/mol. The van der Waals surface area contributed by atoms with E-state index in [2.05, 4.69) is 9.84 Å². The molecular formula is C20H23F3N2O4S. The fraction of sp³-hybridized carbons (Fsp3) is 0.400. The number of benzene rings is 1. The van der Waals surface area contributed by atoms with E-state index in [-0.39, 0.29) is 24.9 Å². The number of aromatic nitrogens is 2. The number of halogens is 3. The van der Waals surface area contributed by atoms with Gasteiger partial charge >= 0.3 is 12.1 Å². The Bertz CT molecular complexity index is 835. The Balaban J connectivity index is 1.89. The lowest BCUT2D eigenvalue weighted by Crippen LogP contribution is -2.15. The molecule has 0 bridgehead atoms. The largest absolute Gasteiger partial charge is 0.487 e. The number of hydrogen-bond donors (Lipinski definition) is 0. The topological polar surface area (TPSA) is 62.6 Å². The second-order valence-corrected chi connectivity index (χ2v) is 7.11. The molecule has 0 fully saturated rings. The van der Waals surface area contributed by atoms with E-state index in [0.717, 1.165) is 16.9 Å². The van der Waals surface area contributed by atoms with Crippen molar-refractivity contribution in [1.29, 1.82) is 0 Å². The highest BCUT2D eigenvalue weighted by molar-refractivity contribution is 7.98. The van der Waals surface area contributed by atoms with E-state index in [0.29, 0.717) is 19.2 Å². The van der Waals surface area contributed by atoms with Gasteiger partial charge in [0.15, 0.2) is 0 Å². The SMILES string of the molecule is CCO/C(=C\Oc1ccc(Cn2cc(COC(=O)CCSC)cn2)cc1)C(F)(F)F. The van der Waals surface area contributed by atoms with Gasteiger partial charge in [-0.2, -0.15) is 30.0 Å². The lowest BCUT2D eigenvalue weighted by molar-refractivity contribution is -0.144. The van der Waals surface area contributed by atoms with Crippen LogP contribution in [0.15, 0.2) is 48.7 Å². The fourth-order valence-corrected chi connectivity index (χ4v) is 2.68. The summed E-state index contributed by atoms with van der Waals surface area (Å²) in [7, 11) is 0. The lowest BCUT2D eigenvalue weighted by Gasteiger charge is -2.12. The highest BCUT2D eigenvalue weighted by Crippen LogP contribution is 2.27. The van der Waals surface area contributed by atoms with E-state index in [9.17, 15) is 18.0 Å². The van der Waals surface area contributed by atoms with Crippen molar-refractivity contribution < 1.29 is 32.2 Å². The van der Waals surface area contributed by atoms with Gasteiger partial charge in [0.25, 0.3) is 0 Å². The van der Waals surface area contributed by atoms with E-state index in [4.69, 9.17) is 9.47 Å². The molecule has 0 aliphatic carbocycles. The first kappa shape index (κ1) is 23.7. The molecule has 0 N–H and O–H groups in total. The van der Waals surface area contributed by atoms with Crippen LogP contribution in [0.3, 0.4) is 0 Å². The fourth-order valence-electron chi connectivity index (χ4n) is 2.31. The van der Waals surface area contributed by atoms with Crippen molar-refractivity contribution in [2.75, 3.05) is 18.6 Å². The number of rotatable bonds is 11. The smallest absolute Gasteiger partial charge is 0.452 e. The highest BCUT2D eigenvalue weighted by Gasteiger charge is 2.36. The molecule has 1 aromatic carbocycles.